The maximum atomic E-state index is 10.7. The number of piperidine rings is 1. The van der Waals surface area contributed by atoms with Crippen molar-refractivity contribution in [1.29, 1.82) is 0 Å². The summed E-state index contributed by atoms with van der Waals surface area (Å²) in [5.74, 6) is 0.903. The highest BCUT2D eigenvalue weighted by molar-refractivity contribution is 5.71. The van der Waals surface area contributed by atoms with Gasteiger partial charge in [0.1, 0.15) is 0 Å². The fourth-order valence-electron chi connectivity index (χ4n) is 2.75. The zero-order valence-corrected chi connectivity index (χ0v) is 8.78. The fourth-order valence-corrected chi connectivity index (χ4v) is 2.75. The van der Waals surface area contributed by atoms with Gasteiger partial charge in [0.15, 0.2) is 0 Å². The molecule has 0 amide bonds. The van der Waals surface area contributed by atoms with Crippen molar-refractivity contribution < 1.29 is 9.90 Å². The van der Waals surface area contributed by atoms with Crippen molar-refractivity contribution in [3.8, 4) is 0 Å². The first-order chi connectivity index (χ1) is 6.66. The van der Waals surface area contributed by atoms with Crippen LogP contribution in [0.15, 0.2) is 0 Å². The summed E-state index contributed by atoms with van der Waals surface area (Å²) >= 11 is 0. The molecule has 1 aliphatic carbocycles. The number of hydrogen-bond acceptors (Lipinski definition) is 2. The molecule has 1 heterocycles. The summed E-state index contributed by atoms with van der Waals surface area (Å²) in [6.45, 7) is 2.39. The minimum absolute atomic E-state index is 0.0281. The van der Waals surface area contributed by atoms with Crippen LogP contribution in [0.4, 0.5) is 0 Å². The SMILES string of the molecule is CN1CCC(C2CC(C(=O)O)C2)CC1. The summed E-state index contributed by atoms with van der Waals surface area (Å²) in [7, 11) is 2.16. The average Bonchev–Trinajstić information content (AvgIpc) is 2.05. The second-order valence-electron chi connectivity index (χ2n) is 4.91. The van der Waals surface area contributed by atoms with Gasteiger partial charge in [-0.05, 0) is 57.7 Å². The molecule has 0 aromatic heterocycles. The Hall–Kier alpha value is -0.570. The van der Waals surface area contributed by atoms with Gasteiger partial charge in [-0.1, -0.05) is 0 Å². The van der Waals surface area contributed by atoms with E-state index in [2.05, 4.69) is 11.9 Å². The van der Waals surface area contributed by atoms with Gasteiger partial charge >= 0.3 is 5.97 Å². The van der Waals surface area contributed by atoms with Gasteiger partial charge in [-0.3, -0.25) is 4.79 Å². The van der Waals surface area contributed by atoms with Crippen molar-refractivity contribution in [2.75, 3.05) is 20.1 Å². The zero-order valence-electron chi connectivity index (χ0n) is 8.78. The number of likely N-dealkylation sites (tertiary alicyclic amines) is 1. The molecule has 1 N–H and O–H groups in total. The third-order valence-electron chi connectivity index (χ3n) is 3.95. The van der Waals surface area contributed by atoms with Crippen LogP contribution < -0.4 is 0 Å². The van der Waals surface area contributed by atoms with Crippen LogP contribution in [0.1, 0.15) is 25.7 Å². The largest absolute Gasteiger partial charge is 0.481 e. The van der Waals surface area contributed by atoms with Crippen LogP contribution in [0, 0.1) is 17.8 Å². The Morgan fingerprint density at radius 2 is 1.79 bits per heavy atom. The molecule has 1 aliphatic heterocycles. The van der Waals surface area contributed by atoms with Crippen molar-refractivity contribution in [3.05, 3.63) is 0 Å². The number of carboxylic acids is 1. The number of aliphatic carboxylic acids is 1. The molecule has 3 nitrogen and oxygen atoms in total. The van der Waals surface area contributed by atoms with Crippen molar-refractivity contribution >= 4 is 5.97 Å². The number of rotatable bonds is 2. The van der Waals surface area contributed by atoms with Crippen LogP contribution >= 0.6 is 0 Å². The smallest absolute Gasteiger partial charge is 0.306 e. The Kier molecular flexibility index (Phi) is 2.77. The molecule has 3 heteroatoms. The lowest BCUT2D eigenvalue weighted by molar-refractivity contribution is -0.147. The second kappa shape index (κ2) is 3.89. The Labute approximate surface area is 85.1 Å². The van der Waals surface area contributed by atoms with E-state index in [1.807, 2.05) is 0 Å². The van der Waals surface area contributed by atoms with Crippen molar-refractivity contribution in [3.63, 3.8) is 0 Å². The highest BCUT2D eigenvalue weighted by Crippen LogP contribution is 2.42. The minimum Gasteiger partial charge on any atom is -0.481 e. The lowest BCUT2D eigenvalue weighted by atomic mass is 9.66. The minimum atomic E-state index is -0.589. The van der Waals surface area contributed by atoms with E-state index in [0.717, 1.165) is 18.8 Å². The van der Waals surface area contributed by atoms with E-state index in [1.165, 1.54) is 25.9 Å². The molecule has 1 saturated carbocycles. The van der Waals surface area contributed by atoms with Gasteiger partial charge in [0, 0.05) is 0 Å². The molecule has 0 spiro atoms. The van der Waals surface area contributed by atoms with E-state index in [9.17, 15) is 4.79 Å². The monoisotopic (exact) mass is 197 g/mol. The van der Waals surface area contributed by atoms with E-state index in [1.54, 1.807) is 0 Å². The molecule has 2 fully saturated rings. The van der Waals surface area contributed by atoms with Gasteiger partial charge in [0.2, 0.25) is 0 Å². The third kappa shape index (κ3) is 1.92. The summed E-state index contributed by atoms with van der Waals surface area (Å²) in [4.78, 5) is 13.0. The molecule has 0 bridgehead atoms. The van der Waals surface area contributed by atoms with E-state index in [0.29, 0.717) is 5.92 Å². The number of nitrogens with zero attached hydrogens (tertiary/aromatic N) is 1. The van der Waals surface area contributed by atoms with Gasteiger partial charge < -0.3 is 10.0 Å². The molecule has 0 aromatic carbocycles. The maximum absolute atomic E-state index is 10.7. The first kappa shape index (κ1) is 9.97. The van der Waals surface area contributed by atoms with Crippen LogP contribution in [0.3, 0.4) is 0 Å². The zero-order chi connectivity index (χ0) is 10.1. The Morgan fingerprint density at radius 3 is 2.29 bits per heavy atom. The summed E-state index contributed by atoms with van der Waals surface area (Å²) in [5.41, 5.74) is 0. The Morgan fingerprint density at radius 1 is 1.21 bits per heavy atom. The molecular formula is C11H19NO2. The molecule has 0 aromatic rings. The normalized spacial score (nSPS) is 35.2. The lowest BCUT2D eigenvalue weighted by Gasteiger charge is -2.41. The van der Waals surface area contributed by atoms with E-state index >= 15 is 0 Å². The van der Waals surface area contributed by atoms with Gasteiger partial charge in [-0.2, -0.15) is 0 Å². The fraction of sp³-hybridized carbons (Fsp3) is 0.909. The predicted molar refractivity (Wildman–Crippen MR) is 54.1 cm³/mol. The first-order valence-electron chi connectivity index (χ1n) is 5.58. The first-order valence-corrected chi connectivity index (χ1v) is 5.58. The molecular weight excluding hydrogens is 178 g/mol. The lowest BCUT2D eigenvalue weighted by Crippen LogP contribution is -2.40. The van der Waals surface area contributed by atoms with E-state index in [4.69, 9.17) is 5.11 Å². The van der Waals surface area contributed by atoms with Crippen LogP contribution in [-0.4, -0.2) is 36.1 Å². The second-order valence-corrected chi connectivity index (χ2v) is 4.91. The molecule has 2 rings (SSSR count). The summed E-state index contributed by atoms with van der Waals surface area (Å²) in [5, 5.41) is 8.78. The molecule has 14 heavy (non-hydrogen) atoms. The number of carbonyl (C=O) groups is 1. The quantitative estimate of drug-likeness (QED) is 0.728. The third-order valence-corrected chi connectivity index (χ3v) is 3.95. The highest BCUT2D eigenvalue weighted by Gasteiger charge is 2.39. The maximum Gasteiger partial charge on any atom is 0.306 e. The standard InChI is InChI=1S/C11H19NO2/c1-12-4-2-8(3-5-12)9-6-10(7-9)11(13)14/h8-10H,2-7H2,1H3,(H,13,14). The summed E-state index contributed by atoms with van der Waals surface area (Å²) < 4.78 is 0. The van der Waals surface area contributed by atoms with E-state index in [-0.39, 0.29) is 5.92 Å². The highest BCUT2D eigenvalue weighted by atomic mass is 16.4. The number of carboxylic acid groups (broad SMARTS) is 1. The Balaban J connectivity index is 1.74. The molecule has 0 atom stereocenters. The van der Waals surface area contributed by atoms with Gasteiger partial charge in [0.05, 0.1) is 5.92 Å². The topological polar surface area (TPSA) is 40.5 Å². The van der Waals surface area contributed by atoms with Gasteiger partial charge in [-0.25, -0.2) is 0 Å². The summed E-state index contributed by atoms with van der Waals surface area (Å²) in [6, 6.07) is 0. The van der Waals surface area contributed by atoms with Gasteiger partial charge in [-0.15, -0.1) is 0 Å². The van der Waals surface area contributed by atoms with Crippen LogP contribution in [0.2, 0.25) is 0 Å². The number of hydrogen-bond donors (Lipinski definition) is 1. The molecule has 80 valence electrons. The summed E-state index contributed by atoms with van der Waals surface area (Å²) in [6.07, 6.45) is 4.41. The van der Waals surface area contributed by atoms with Crippen LogP contribution in [0.25, 0.3) is 0 Å². The van der Waals surface area contributed by atoms with Crippen molar-refractivity contribution in [2.24, 2.45) is 17.8 Å². The van der Waals surface area contributed by atoms with Crippen molar-refractivity contribution in [1.82, 2.24) is 4.90 Å². The van der Waals surface area contributed by atoms with Crippen LogP contribution in [-0.2, 0) is 4.79 Å². The van der Waals surface area contributed by atoms with Gasteiger partial charge in [0.25, 0.3) is 0 Å². The molecule has 0 unspecified atom stereocenters. The molecule has 1 saturated heterocycles. The molecule has 2 aliphatic rings. The Bertz CT molecular complexity index is 215. The average molecular weight is 197 g/mol. The van der Waals surface area contributed by atoms with Crippen molar-refractivity contribution in [2.45, 2.75) is 25.7 Å². The van der Waals surface area contributed by atoms with Crippen LogP contribution in [0.5, 0.6) is 0 Å². The predicted octanol–water partition coefficient (Wildman–Crippen LogP) is 1.44. The molecule has 0 radical (unpaired) electrons. The van der Waals surface area contributed by atoms with E-state index < -0.39 is 5.97 Å².